The van der Waals surface area contributed by atoms with Crippen LogP contribution in [0.4, 0.5) is 16.3 Å². The van der Waals surface area contributed by atoms with Gasteiger partial charge >= 0.3 is 6.09 Å². The molecule has 10 heteroatoms. The lowest BCUT2D eigenvalue weighted by Crippen LogP contribution is -2.55. The molecule has 1 aromatic rings. The van der Waals surface area contributed by atoms with Gasteiger partial charge in [0.1, 0.15) is 5.82 Å². The number of hydrogen-bond donors (Lipinski definition) is 1. The summed E-state index contributed by atoms with van der Waals surface area (Å²) in [5.41, 5.74) is 1.03. The van der Waals surface area contributed by atoms with E-state index in [4.69, 9.17) is 0 Å². The second-order valence-corrected chi connectivity index (χ2v) is 9.48. The van der Waals surface area contributed by atoms with Gasteiger partial charge in [-0.25, -0.2) is 18.2 Å². The molecule has 3 aliphatic rings. The molecule has 4 rings (SSSR count). The first-order valence-corrected chi connectivity index (χ1v) is 11.1. The Bertz CT molecular complexity index is 810. The van der Waals surface area contributed by atoms with E-state index in [0.29, 0.717) is 39.3 Å². The molecule has 3 aliphatic heterocycles. The Morgan fingerprint density at radius 3 is 2.30 bits per heavy atom. The topological polar surface area (TPSA) is 97.3 Å². The van der Waals surface area contributed by atoms with E-state index in [9.17, 15) is 18.3 Å². The number of rotatable bonds is 3. The summed E-state index contributed by atoms with van der Waals surface area (Å²) in [5, 5.41) is 9.41. The fourth-order valence-corrected chi connectivity index (χ4v) is 5.28. The van der Waals surface area contributed by atoms with Gasteiger partial charge in [0.2, 0.25) is 10.0 Å². The van der Waals surface area contributed by atoms with Gasteiger partial charge in [0.15, 0.2) is 0 Å². The normalized spacial score (nSPS) is 26.5. The molecule has 1 N–H and O–H groups in total. The molecule has 0 saturated carbocycles. The third-order valence-electron chi connectivity index (χ3n) is 5.83. The van der Waals surface area contributed by atoms with E-state index < -0.39 is 16.1 Å². The molecule has 2 bridgehead atoms. The summed E-state index contributed by atoms with van der Waals surface area (Å²) in [6.07, 6.45) is 4.01. The van der Waals surface area contributed by atoms with Gasteiger partial charge in [-0.3, -0.25) is 4.90 Å². The third kappa shape index (κ3) is 3.55. The van der Waals surface area contributed by atoms with Gasteiger partial charge in [-0.15, -0.1) is 0 Å². The Balaban J connectivity index is 1.46. The van der Waals surface area contributed by atoms with Crippen LogP contribution < -0.4 is 9.80 Å². The number of fused-ring (bicyclic) bond motifs is 2. The van der Waals surface area contributed by atoms with Gasteiger partial charge in [-0.05, 0) is 18.9 Å². The summed E-state index contributed by atoms with van der Waals surface area (Å²) in [7, 11) is -3.14. The van der Waals surface area contributed by atoms with Crippen molar-refractivity contribution in [1.29, 1.82) is 0 Å². The lowest BCUT2D eigenvalue weighted by Gasteiger charge is -2.40. The molecule has 1 aromatic heterocycles. The lowest BCUT2D eigenvalue weighted by atomic mass is 10.2. The van der Waals surface area contributed by atoms with Crippen LogP contribution in [-0.2, 0) is 10.0 Å². The minimum atomic E-state index is -3.14. The summed E-state index contributed by atoms with van der Waals surface area (Å²) >= 11 is 0. The number of carbonyl (C=O) groups is 1. The molecule has 3 fully saturated rings. The molecule has 9 nitrogen and oxygen atoms in total. The summed E-state index contributed by atoms with van der Waals surface area (Å²) in [6.45, 7) is 3.60. The quantitative estimate of drug-likeness (QED) is 0.796. The van der Waals surface area contributed by atoms with Crippen molar-refractivity contribution in [3.8, 4) is 0 Å². The number of nitrogens with zero attached hydrogens (tertiary/aromatic N) is 5. The van der Waals surface area contributed by atoms with E-state index in [0.717, 1.165) is 24.3 Å². The summed E-state index contributed by atoms with van der Waals surface area (Å²) in [4.78, 5) is 21.9. The van der Waals surface area contributed by atoms with Crippen molar-refractivity contribution in [2.45, 2.75) is 24.9 Å². The van der Waals surface area contributed by atoms with E-state index in [-0.39, 0.29) is 12.1 Å². The number of sulfonamides is 1. The van der Waals surface area contributed by atoms with Crippen molar-refractivity contribution < 1.29 is 18.3 Å². The maximum Gasteiger partial charge on any atom is 0.407 e. The van der Waals surface area contributed by atoms with Gasteiger partial charge < -0.3 is 14.9 Å². The highest BCUT2D eigenvalue weighted by Gasteiger charge is 2.43. The molecule has 0 aliphatic carbocycles. The first-order valence-electron chi connectivity index (χ1n) is 9.25. The number of anilines is 2. The molecule has 2 atom stereocenters. The lowest BCUT2D eigenvalue weighted by molar-refractivity contribution is 0.114. The van der Waals surface area contributed by atoms with Crippen LogP contribution in [0.1, 0.15) is 12.8 Å². The maximum atomic E-state index is 11.7. The van der Waals surface area contributed by atoms with E-state index in [1.54, 1.807) is 11.1 Å². The van der Waals surface area contributed by atoms with Gasteiger partial charge in [-0.2, -0.15) is 4.31 Å². The Hall–Kier alpha value is -2.07. The zero-order valence-corrected chi connectivity index (χ0v) is 16.2. The molecular weight excluding hydrogens is 370 g/mol. The van der Waals surface area contributed by atoms with Crippen LogP contribution in [0.25, 0.3) is 0 Å². The summed E-state index contributed by atoms with van der Waals surface area (Å²) < 4.78 is 24.9. The molecular formula is C17H25N5O4S. The van der Waals surface area contributed by atoms with Gasteiger partial charge in [0.25, 0.3) is 0 Å². The van der Waals surface area contributed by atoms with Crippen molar-refractivity contribution in [3.63, 3.8) is 0 Å². The standard InChI is InChI=1S/C17H25N5O4S/c1-27(25,26)21-8-6-19(7-9-21)13-4-5-18-16(10-13)20-11-14-2-3-15(12-20)22(14)17(23)24/h4-5,10,14-15H,2-3,6-9,11-12H2,1H3,(H,23,24). The number of aromatic nitrogens is 1. The first kappa shape index (κ1) is 18.3. The SMILES string of the molecule is CS(=O)(=O)N1CCN(c2ccnc(N3CC4CCC(C3)N4C(=O)O)c2)CC1. The van der Waals surface area contributed by atoms with Crippen LogP contribution in [0.5, 0.6) is 0 Å². The third-order valence-corrected chi connectivity index (χ3v) is 7.13. The predicted octanol–water partition coefficient (Wildman–Crippen LogP) is 0.494. The number of amides is 1. The van der Waals surface area contributed by atoms with Crippen LogP contribution in [0, 0.1) is 0 Å². The van der Waals surface area contributed by atoms with E-state index >= 15 is 0 Å². The molecule has 4 heterocycles. The van der Waals surface area contributed by atoms with E-state index in [2.05, 4.69) is 14.8 Å². The predicted molar refractivity (Wildman–Crippen MR) is 102 cm³/mol. The van der Waals surface area contributed by atoms with Crippen LogP contribution >= 0.6 is 0 Å². The number of carboxylic acid groups (broad SMARTS) is 1. The second-order valence-electron chi connectivity index (χ2n) is 7.50. The molecule has 148 valence electrons. The van der Waals surface area contributed by atoms with Crippen LogP contribution in [0.2, 0.25) is 0 Å². The summed E-state index contributed by atoms with van der Waals surface area (Å²) in [5.74, 6) is 0.861. The maximum absolute atomic E-state index is 11.7. The monoisotopic (exact) mass is 395 g/mol. The Morgan fingerprint density at radius 1 is 1.11 bits per heavy atom. The minimum Gasteiger partial charge on any atom is -0.465 e. The Labute approximate surface area is 159 Å². The van der Waals surface area contributed by atoms with Gasteiger partial charge in [-0.1, -0.05) is 0 Å². The Morgan fingerprint density at radius 2 is 1.74 bits per heavy atom. The molecule has 3 saturated heterocycles. The molecule has 0 radical (unpaired) electrons. The van der Waals surface area contributed by atoms with Crippen molar-refractivity contribution in [3.05, 3.63) is 18.3 Å². The molecule has 0 aromatic carbocycles. The van der Waals surface area contributed by atoms with Crippen molar-refractivity contribution in [1.82, 2.24) is 14.2 Å². The van der Waals surface area contributed by atoms with Crippen LogP contribution in [0.3, 0.4) is 0 Å². The first-order chi connectivity index (χ1) is 12.8. The zero-order valence-electron chi connectivity index (χ0n) is 15.4. The highest BCUT2D eigenvalue weighted by molar-refractivity contribution is 7.88. The number of piperazine rings is 2. The average Bonchev–Trinajstić information content (AvgIpc) is 2.92. The van der Waals surface area contributed by atoms with E-state index in [1.807, 2.05) is 12.1 Å². The van der Waals surface area contributed by atoms with E-state index in [1.165, 1.54) is 10.6 Å². The van der Waals surface area contributed by atoms with Gasteiger partial charge in [0, 0.05) is 57.2 Å². The van der Waals surface area contributed by atoms with Crippen molar-refractivity contribution in [2.24, 2.45) is 0 Å². The average molecular weight is 395 g/mol. The van der Waals surface area contributed by atoms with Crippen LogP contribution in [-0.4, -0.2) is 91.4 Å². The number of pyridine rings is 1. The molecule has 2 unspecified atom stereocenters. The second kappa shape index (κ2) is 6.83. The fraction of sp³-hybridized carbons (Fsp3) is 0.647. The van der Waals surface area contributed by atoms with Gasteiger partial charge in [0.05, 0.1) is 18.3 Å². The molecule has 27 heavy (non-hydrogen) atoms. The fourth-order valence-electron chi connectivity index (χ4n) is 4.46. The molecule has 1 amide bonds. The highest BCUT2D eigenvalue weighted by atomic mass is 32.2. The van der Waals surface area contributed by atoms with Crippen molar-refractivity contribution in [2.75, 3.05) is 55.3 Å². The molecule has 0 spiro atoms. The zero-order chi connectivity index (χ0) is 19.2. The summed E-state index contributed by atoms with van der Waals surface area (Å²) in [6, 6.07) is 4.04. The minimum absolute atomic E-state index is 0.0324. The number of hydrogen-bond acceptors (Lipinski definition) is 6. The largest absolute Gasteiger partial charge is 0.465 e. The Kier molecular flexibility index (Phi) is 4.63. The highest BCUT2D eigenvalue weighted by Crippen LogP contribution is 2.33. The van der Waals surface area contributed by atoms with Crippen LogP contribution in [0.15, 0.2) is 18.3 Å². The van der Waals surface area contributed by atoms with Crippen molar-refractivity contribution >= 4 is 27.6 Å². The smallest absolute Gasteiger partial charge is 0.407 e.